The van der Waals surface area contributed by atoms with Crippen molar-refractivity contribution in [3.05, 3.63) is 42.0 Å². The first-order valence-corrected chi connectivity index (χ1v) is 6.76. The monoisotopic (exact) mass is 299 g/mol. The minimum atomic E-state index is -0.578. The Kier molecular flexibility index (Phi) is 4.76. The fourth-order valence-corrected chi connectivity index (χ4v) is 2.04. The highest BCUT2D eigenvalue weighted by Crippen LogP contribution is 2.27. The number of aryl methyl sites for hydroxylation is 1. The summed E-state index contributed by atoms with van der Waals surface area (Å²) in [5.41, 5.74) is 2.26. The van der Waals surface area contributed by atoms with Gasteiger partial charge in [-0.2, -0.15) is 0 Å². The molecule has 0 bridgehead atoms. The van der Waals surface area contributed by atoms with Crippen LogP contribution in [0.2, 0.25) is 0 Å². The fourth-order valence-electron chi connectivity index (χ4n) is 2.04. The van der Waals surface area contributed by atoms with Crippen molar-refractivity contribution in [1.82, 2.24) is 9.55 Å². The van der Waals surface area contributed by atoms with Gasteiger partial charge in [0.15, 0.2) is 0 Å². The molecule has 0 atom stereocenters. The maximum atomic E-state index is 11.8. The zero-order valence-electron chi connectivity index (χ0n) is 12.7. The van der Waals surface area contributed by atoms with Crippen LogP contribution in [-0.4, -0.2) is 35.1 Å². The van der Waals surface area contributed by atoms with Crippen LogP contribution in [0.4, 0.5) is 0 Å². The molecule has 6 nitrogen and oxygen atoms in total. The summed E-state index contributed by atoms with van der Waals surface area (Å²) >= 11 is 0. The topological polar surface area (TPSA) is 77.2 Å². The molecule has 114 valence electrons. The molecule has 0 unspecified atom stereocenters. The molecule has 1 aromatic heterocycles. The molecule has 0 aliphatic carbocycles. The Morgan fingerprint density at radius 3 is 2.77 bits per heavy atom. The van der Waals surface area contributed by atoms with Gasteiger partial charge in [0.25, 0.3) is 0 Å². The molecule has 0 aliphatic rings. The van der Waals surface area contributed by atoms with E-state index in [0.717, 1.165) is 11.4 Å². The van der Waals surface area contributed by atoms with Gasteiger partial charge in [0.05, 0.1) is 31.4 Å². The number of ether oxygens (including phenoxy) is 2. The first kappa shape index (κ1) is 15.5. The molecular formula is C16H17N3O3. The number of hydrogen-bond donors (Lipinski definition) is 1. The molecule has 2 rings (SSSR count). The summed E-state index contributed by atoms with van der Waals surface area (Å²) in [4.78, 5) is 16.0. The molecule has 2 aromatic rings. The van der Waals surface area contributed by atoms with Crippen molar-refractivity contribution in [1.29, 1.82) is 5.41 Å². The molecule has 6 heteroatoms. The van der Waals surface area contributed by atoms with Gasteiger partial charge in [0.1, 0.15) is 11.3 Å². The summed E-state index contributed by atoms with van der Waals surface area (Å²) < 4.78 is 12.1. The van der Waals surface area contributed by atoms with Crippen molar-refractivity contribution >= 4 is 17.4 Å². The van der Waals surface area contributed by atoms with Crippen molar-refractivity contribution in [3.63, 3.8) is 0 Å². The highest BCUT2D eigenvalue weighted by atomic mass is 16.5. The van der Waals surface area contributed by atoms with E-state index in [4.69, 9.17) is 14.9 Å². The summed E-state index contributed by atoms with van der Waals surface area (Å²) in [6.07, 6.45) is 3.56. The van der Waals surface area contributed by atoms with Gasteiger partial charge in [0, 0.05) is 11.8 Å². The van der Waals surface area contributed by atoms with Crippen LogP contribution < -0.4 is 4.74 Å². The van der Waals surface area contributed by atoms with Crippen molar-refractivity contribution in [2.75, 3.05) is 13.7 Å². The Hall–Kier alpha value is -2.85. The third-order valence-corrected chi connectivity index (χ3v) is 3.06. The number of rotatable bonds is 5. The molecular weight excluding hydrogens is 282 g/mol. The number of esters is 1. The number of nitrogens with zero attached hydrogens (tertiary/aromatic N) is 2. The summed E-state index contributed by atoms with van der Waals surface area (Å²) in [6.45, 7) is 3.85. The van der Waals surface area contributed by atoms with Crippen molar-refractivity contribution in [2.24, 2.45) is 0 Å². The van der Waals surface area contributed by atoms with Crippen LogP contribution in [0.5, 0.6) is 5.75 Å². The quantitative estimate of drug-likeness (QED) is 0.522. The lowest BCUT2D eigenvalue weighted by Gasteiger charge is -2.11. The number of nitrogens with one attached hydrogen (secondary N) is 1. The van der Waals surface area contributed by atoms with E-state index in [0.29, 0.717) is 11.3 Å². The third kappa shape index (κ3) is 3.07. The van der Waals surface area contributed by atoms with Gasteiger partial charge in [0.2, 0.25) is 0 Å². The van der Waals surface area contributed by atoms with Crippen LogP contribution in [0.3, 0.4) is 0 Å². The van der Waals surface area contributed by atoms with Crippen molar-refractivity contribution in [3.8, 4) is 11.4 Å². The molecule has 22 heavy (non-hydrogen) atoms. The largest absolute Gasteiger partial charge is 0.495 e. The van der Waals surface area contributed by atoms with Crippen LogP contribution >= 0.6 is 0 Å². The van der Waals surface area contributed by atoms with E-state index < -0.39 is 5.97 Å². The Labute approximate surface area is 128 Å². The first-order valence-electron chi connectivity index (χ1n) is 6.76. The lowest BCUT2D eigenvalue weighted by Crippen LogP contribution is -2.08. The second-order valence-corrected chi connectivity index (χ2v) is 4.53. The average molecular weight is 299 g/mol. The number of aromatic nitrogens is 2. The first-order chi connectivity index (χ1) is 10.6. The molecule has 0 saturated carbocycles. The molecule has 0 fully saturated rings. The number of benzene rings is 1. The molecule has 1 heterocycles. The number of methoxy groups -OCH3 is 1. The predicted octanol–water partition coefficient (Wildman–Crippen LogP) is 2.38. The zero-order chi connectivity index (χ0) is 16.1. The van der Waals surface area contributed by atoms with Gasteiger partial charge in [-0.15, -0.1) is 0 Å². The van der Waals surface area contributed by atoms with Gasteiger partial charge in [-0.1, -0.05) is 6.07 Å². The van der Waals surface area contributed by atoms with Crippen LogP contribution in [0.25, 0.3) is 11.3 Å². The molecule has 0 spiro atoms. The van der Waals surface area contributed by atoms with E-state index in [1.807, 2.05) is 17.7 Å². The van der Waals surface area contributed by atoms with Crippen LogP contribution in [0, 0.1) is 12.3 Å². The van der Waals surface area contributed by atoms with E-state index in [1.54, 1.807) is 38.6 Å². The molecule has 0 radical (unpaired) electrons. The van der Waals surface area contributed by atoms with Gasteiger partial charge < -0.3 is 14.0 Å². The maximum Gasteiger partial charge on any atom is 0.348 e. The van der Waals surface area contributed by atoms with Gasteiger partial charge in [-0.3, -0.25) is 5.41 Å². The zero-order valence-corrected chi connectivity index (χ0v) is 12.7. The van der Waals surface area contributed by atoms with Crippen molar-refractivity contribution < 1.29 is 14.3 Å². The van der Waals surface area contributed by atoms with Crippen LogP contribution in [-0.2, 0) is 9.53 Å². The van der Waals surface area contributed by atoms with Gasteiger partial charge in [-0.05, 0) is 31.9 Å². The van der Waals surface area contributed by atoms with E-state index in [9.17, 15) is 4.79 Å². The third-order valence-electron chi connectivity index (χ3n) is 3.06. The summed E-state index contributed by atoms with van der Waals surface area (Å²) in [6, 6.07) is 5.20. The highest BCUT2D eigenvalue weighted by Gasteiger charge is 2.16. The van der Waals surface area contributed by atoms with Crippen molar-refractivity contribution in [2.45, 2.75) is 13.8 Å². The van der Waals surface area contributed by atoms with E-state index in [2.05, 4.69) is 10.9 Å². The fraction of sp³-hybridized carbons (Fsp3) is 0.250. The smallest absolute Gasteiger partial charge is 0.348 e. The summed E-state index contributed by atoms with van der Waals surface area (Å²) in [5.74, 6) is 2.12. The minimum absolute atomic E-state index is 0.0634. The van der Waals surface area contributed by atoms with Gasteiger partial charge in [-0.25, -0.2) is 9.78 Å². The molecule has 0 amide bonds. The average Bonchev–Trinajstić information content (AvgIpc) is 2.94. The Balaban J connectivity index is 2.45. The lowest BCUT2D eigenvalue weighted by atomic mass is 10.1. The Bertz CT molecular complexity index is 743. The number of carbonyl (C=O) groups excluding carboxylic acids is 1. The summed E-state index contributed by atoms with van der Waals surface area (Å²) in [5, 5.41) is 7.31. The Morgan fingerprint density at radius 1 is 1.45 bits per heavy atom. The summed E-state index contributed by atoms with van der Waals surface area (Å²) in [7, 11) is 1.55. The molecule has 1 aromatic carbocycles. The second kappa shape index (κ2) is 6.74. The standard InChI is InChI=1S/C16H17N3O3/c1-4-22-16(20)13(8-17)12-5-6-14(15(7-12)21-3)19-9-11(2)18-10-19/h5-7,9-10,17H,4H2,1-3H3. The number of carbonyl (C=O) groups is 1. The SMILES string of the molecule is CCOC(=O)C(=C=N)c1ccc(-n2cnc(C)c2)c(OC)c1. The number of hydrogen-bond acceptors (Lipinski definition) is 5. The molecule has 0 saturated heterocycles. The van der Waals surface area contributed by atoms with Crippen LogP contribution in [0.1, 0.15) is 18.2 Å². The predicted molar refractivity (Wildman–Crippen MR) is 82.6 cm³/mol. The lowest BCUT2D eigenvalue weighted by molar-refractivity contribution is -0.135. The highest BCUT2D eigenvalue weighted by molar-refractivity contribution is 6.25. The molecule has 1 N–H and O–H groups in total. The van der Waals surface area contributed by atoms with E-state index in [-0.39, 0.29) is 12.2 Å². The second-order valence-electron chi connectivity index (χ2n) is 4.53. The number of imidazole rings is 1. The van der Waals surface area contributed by atoms with Crippen LogP contribution in [0.15, 0.2) is 30.7 Å². The van der Waals surface area contributed by atoms with E-state index in [1.165, 1.54) is 0 Å². The Morgan fingerprint density at radius 2 is 2.23 bits per heavy atom. The maximum absolute atomic E-state index is 11.8. The molecule has 0 aliphatic heterocycles. The van der Waals surface area contributed by atoms with Gasteiger partial charge >= 0.3 is 5.97 Å². The normalized spacial score (nSPS) is 9.95. The minimum Gasteiger partial charge on any atom is -0.495 e. The van der Waals surface area contributed by atoms with E-state index >= 15 is 0 Å².